The smallest absolute Gasteiger partial charge is 0.466 e. The van der Waals surface area contributed by atoms with Gasteiger partial charge in [0.1, 0.15) is 3.70 Å². The maximum atomic E-state index is 12.4. The van der Waals surface area contributed by atoms with Gasteiger partial charge in [0, 0.05) is 16.5 Å². The quantitative estimate of drug-likeness (QED) is 0.287. The second-order valence-electron chi connectivity index (χ2n) is 3.53. The summed E-state index contributed by atoms with van der Waals surface area (Å²) in [5.74, 6) is -1.11. The van der Waals surface area contributed by atoms with Crippen molar-refractivity contribution in [3.63, 3.8) is 0 Å². The first-order valence-electron chi connectivity index (χ1n) is 5.42. The van der Waals surface area contributed by atoms with Crippen LogP contribution in [0.25, 0.3) is 0 Å². The zero-order chi connectivity index (χ0) is 15.3. The lowest BCUT2D eigenvalue weighted by molar-refractivity contribution is -0.275. The molecule has 1 rings (SSSR count). The number of hydrogen-bond donors (Lipinski definition) is 0. The van der Waals surface area contributed by atoms with Gasteiger partial charge in [0.25, 0.3) is 0 Å². The summed E-state index contributed by atoms with van der Waals surface area (Å²) in [6, 6.07) is 0. The summed E-state index contributed by atoms with van der Waals surface area (Å²) in [5.41, 5.74) is 0.595. The third-order valence-corrected chi connectivity index (χ3v) is 3.68. The first kappa shape index (κ1) is 17.5. The molecular weight excluding hydrogens is 458 g/mol. The van der Waals surface area contributed by atoms with Gasteiger partial charge >= 0.3 is 12.3 Å². The molecular formula is C11H10BrF3INO3. The molecule has 0 radical (unpaired) electrons. The molecule has 0 aliphatic heterocycles. The minimum Gasteiger partial charge on any atom is -0.466 e. The first-order valence-corrected chi connectivity index (χ1v) is 7.62. The Bertz CT molecular complexity index is 497. The number of pyridine rings is 1. The Morgan fingerprint density at radius 2 is 2.10 bits per heavy atom. The maximum absolute atomic E-state index is 12.4. The van der Waals surface area contributed by atoms with Crippen LogP contribution in [0.1, 0.15) is 18.1 Å². The molecule has 112 valence electrons. The number of ether oxygens (including phenoxy) is 2. The molecule has 0 aromatic carbocycles. The van der Waals surface area contributed by atoms with Crippen molar-refractivity contribution in [3.8, 4) is 5.75 Å². The minimum absolute atomic E-state index is 0.122. The standard InChI is InChI=1S/C11H10BrF3INO3/c1-2-19-9(18)3-6-7(4-12)10(16)17-5-8(6)20-11(13,14)15/h5H,2-4H2,1H3. The lowest BCUT2D eigenvalue weighted by atomic mass is 10.1. The lowest BCUT2D eigenvalue weighted by Crippen LogP contribution is -2.20. The Hall–Kier alpha value is -0.580. The highest BCUT2D eigenvalue weighted by atomic mass is 127. The first-order chi connectivity index (χ1) is 9.28. The molecule has 0 aliphatic carbocycles. The van der Waals surface area contributed by atoms with Crippen molar-refractivity contribution in [1.29, 1.82) is 0 Å². The average molecular weight is 468 g/mol. The van der Waals surface area contributed by atoms with Crippen molar-refractivity contribution in [3.05, 3.63) is 21.0 Å². The summed E-state index contributed by atoms with van der Waals surface area (Å²) in [6.45, 7) is 1.77. The molecule has 0 saturated carbocycles. The number of hydrogen-bond acceptors (Lipinski definition) is 4. The van der Waals surface area contributed by atoms with Crippen molar-refractivity contribution < 1.29 is 27.4 Å². The van der Waals surface area contributed by atoms with Crippen LogP contribution in [0.5, 0.6) is 5.75 Å². The molecule has 1 aromatic heterocycles. The van der Waals surface area contributed by atoms with Crippen LogP contribution in [0.4, 0.5) is 13.2 Å². The van der Waals surface area contributed by atoms with Crippen molar-refractivity contribution >= 4 is 44.5 Å². The van der Waals surface area contributed by atoms with Crippen LogP contribution in [0.15, 0.2) is 6.20 Å². The van der Waals surface area contributed by atoms with Crippen LogP contribution in [-0.2, 0) is 21.3 Å². The largest absolute Gasteiger partial charge is 0.573 e. The van der Waals surface area contributed by atoms with Gasteiger partial charge in [-0.2, -0.15) is 0 Å². The molecule has 0 atom stereocenters. The van der Waals surface area contributed by atoms with E-state index in [1.165, 1.54) is 0 Å². The molecule has 20 heavy (non-hydrogen) atoms. The van der Waals surface area contributed by atoms with Crippen LogP contribution in [0.2, 0.25) is 0 Å². The number of aromatic nitrogens is 1. The fourth-order valence-electron chi connectivity index (χ4n) is 1.44. The molecule has 1 heterocycles. The summed E-state index contributed by atoms with van der Waals surface area (Å²) in [5, 5.41) is 0.252. The molecule has 0 saturated heterocycles. The van der Waals surface area contributed by atoms with Gasteiger partial charge in [0.2, 0.25) is 0 Å². The normalized spacial score (nSPS) is 11.3. The molecule has 0 N–H and O–H groups in total. The summed E-state index contributed by atoms with van der Waals surface area (Å²) >= 11 is 5.05. The van der Waals surface area contributed by atoms with Crippen molar-refractivity contribution in [2.75, 3.05) is 6.61 Å². The number of esters is 1. The van der Waals surface area contributed by atoms with Gasteiger partial charge in [-0.25, -0.2) is 4.98 Å². The lowest BCUT2D eigenvalue weighted by Gasteiger charge is -2.16. The Morgan fingerprint density at radius 1 is 1.45 bits per heavy atom. The van der Waals surface area contributed by atoms with E-state index in [-0.39, 0.29) is 23.9 Å². The number of alkyl halides is 4. The third kappa shape index (κ3) is 5.08. The maximum Gasteiger partial charge on any atom is 0.573 e. The molecule has 4 nitrogen and oxygen atoms in total. The fourth-order valence-corrected chi connectivity index (χ4v) is 3.23. The fraction of sp³-hybridized carbons (Fsp3) is 0.455. The molecule has 0 spiro atoms. The number of carbonyl (C=O) groups excluding carboxylic acids is 1. The van der Waals surface area contributed by atoms with E-state index in [0.717, 1.165) is 6.20 Å². The molecule has 9 heteroatoms. The van der Waals surface area contributed by atoms with Gasteiger partial charge in [0.15, 0.2) is 5.75 Å². The van der Waals surface area contributed by atoms with E-state index in [2.05, 4.69) is 25.7 Å². The highest BCUT2D eigenvalue weighted by molar-refractivity contribution is 14.1. The van der Waals surface area contributed by atoms with Gasteiger partial charge < -0.3 is 9.47 Å². The molecule has 0 amide bonds. The molecule has 1 aromatic rings. The number of nitrogens with zero attached hydrogens (tertiary/aromatic N) is 1. The zero-order valence-electron chi connectivity index (χ0n) is 10.3. The van der Waals surface area contributed by atoms with E-state index >= 15 is 0 Å². The van der Waals surface area contributed by atoms with Gasteiger partial charge in [-0.3, -0.25) is 4.79 Å². The summed E-state index contributed by atoms with van der Waals surface area (Å²) in [4.78, 5) is 15.3. The van der Waals surface area contributed by atoms with Gasteiger partial charge in [0.05, 0.1) is 19.2 Å². The summed E-state index contributed by atoms with van der Waals surface area (Å²) in [6.07, 6.45) is -4.20. The van der Waals surface area contributed by atoms with Crippen molar-refractivity contribution in [2.45, 2.75) is 25.0 Å². The van der Waals surface area contributed by atoms with E-state index in [0.29, 0.717) is 9.26 Å². The van der Waals surface area contributed by atoms with Crippen molar-refractivity contribution in [2.24, 2.45) is 0 Å². The highest BCUT2D eigenvalue weighted by Crippen LogP contribution is 2.31. The number of rotatable bonds is 5. The van der Waals surface area contributed by atoms with E-state index in [1.54, 1.807) is 6.92 Å². The van der Waals surface area contributed by atoms with E-state index in [4.69, 9.17) is 4.74 Å². The van der Waals surface area contributed by atoms with E-state index in [9.17, 15) is 18.0 Å². The Labute approximate surface area is 135 Å². The average Bonchev–Trinajstić information content (AvgIpc) is 2.32. The Balaban J connectivity index is 3.19. The van der Waals surface area contributed by atoms with E-state index in [1.807, 2.05) is 22.6 Å². The summed E-state index contributed by atoms with van der Waals surface area (Å²) in [7, 11) is 0. The molecule has 0 fully saturated rings. The molecule has 0 bridgehead atoms. The predicted molar refractivity (Wildman–Crippen MR) is 76.6 cm³/mol. The van der Waals surface area contributed by atoms with Crippen molar-refractivity contribution in [1.82, 2.24) is 4.98 Å². The van der Waals surface area contributed by atoms with Crippen LogP contribution in [0.3, 0.4) is 0 Å². The predicted octanol–water partition coefficient (Wildman–Crippen LogP) is 3.59. The highest BCUT2D eigenvalue weighted by Gasteiger charge is 2.33. The molecule has 0 unspecified atom stereocenters. The Kier molecular flexibility index (Phi) is 6.49. The third-order valence-electron chi connectivity index (χ3n) is 2.19. The zero-order valence-corrected chi connectivity index (χ0v) is 14.0. The summed E-state index contributed by atoms with van der Waals surface area (Å²) < 4.78 is 46.3. The van der Waals surface area contributed by atoms with Crippen LogP contribution < -0.4 is 4.74 Å². The van der Waals surface area contributed by atoms with Crippen LogP contribution >= 0.6 is 38.5 Å². The van der Waals surface area contributed by atoms with Crippen LogP contribution in [0, 0.1) is 3.70 Å². The molecule has 0 aliphatic rings. The van der Waals surface area contributed by atoms with E-state index < -0.39 is 18.1 Å². The van der Waals surface area contributed by atoms with Gasteiger partial charge in [-0.05, 0) is 29.5 Å². The van der Waals surface area contributed by atoms with Gasteiger partial charge in [-0.15, -0.1) is 13.2 Å². The monoisotopic (exact) mass is 467 g/mol. The topological polar surface area (TPSA) is 48.4 Å². The SMILES string of the molecule is CCOC(=O)Cc1c(OC(F)(F)F)cnc(I)c1CBr. The number of carbonyl (C=O) groups is 1. The van der Waals surface area contributed by atoms with Gasteiger partial charge in [-0.1, -0.05) is 15.9 Å². The second kappa shape index (κ2) is 7.43. The van der Waals surface area contributed by atoms with Crippen LogP contribution in [-0.4, -0.2) is 23.9 Å². The second-order valence-corrected chi connectivity index (χ2v) is 5.12. The Morgan fingerprint density at radius 3 is 2.60 bits per heavy atom. The number of halogens is 5. The minimum atomic E-state index is -4.85.